The van der Waals surface area contributed by atoms with Crippen molar-refractivity contribution in [3.05, 3.63) is 93.6 Å². The van der Waals surface area contributed by atoms with Crippen LogP contribution in [0.1, 0.15) is 66.3 Å². The molecule has 0 amide bonds. The Hall–Kier alpha value is -4.02. The minimum Gasteiger partial charge on any atom is -0.420 e. The van der Waals surface area contributed by atoms with Crippen LogP contribution in [0.2, 0.25) is 5.15 Å². The molecule has 3 N–H and O–H groups in total. The quantitative estimate of drug-likeness (QED) is 0.326. The number of hydrogen-bond donors (Lipinski definition) is 2. The molecule has 1 unspecified atom stereocenters. The van der Waals surface area contributed by atoms with Crippen molar-refractivity contribution in [1.29, 1.82) is 5.26 Å². The summed E-state index contributed by atoms with van der Waals surface area (Å²) in [6.07, 6.45) is 6.40. The van der Waals surface area contributed by atoms with Crippen LogP contribution in [0.15, 0.2) is 66.1 Å². The number of nitrogens with two attached hydrogens (primary N) is 1. The van der Waals surface area contributed by atoms with E-state index >= 15 is 0 Å². The fourth-order valence-electron chi connectivity index (χ4n) is 5.69. The molecule has 0 saturated heterocycles. The Labute approximate surface area is 220 Å². The van der Waals surface area contributed by atoms with E-state index in [-0.39, 0.29) is 11.5 Å². The third-order valence-electron chi connectivity index (χ3n) is 7.55. The summed E-state index contributed by atoms with van der Waals surface area (Å²) in [5, 5.41) is 22.8. The van der Waals surface area contributed by atoms with Crippen molar-refractivity contribution >= 4 is 11.6 Å². The van der Waals surface area contributed by atoms with Gasteiger partial charge in [0, 0.05) is 11.1 Å². The molecule has 186 valence electrons. The van der Waals surface area contributed by atoms with Crippen LogP contribution in [0.5, 0.6) is 5.88 Å². The number of allylic oxidation sites excluding steroid dienone is 1. The number of nitrogens with zero attached hydrogens (tertiary/aromatic N) is 4. The molecule has 1 aliphatic heterocycles. The van der Waals surface area contributed by atoms with Gasteiger partial charge in [-0.1, -0.05) is 73.3 Å². The molecule has 2 aromatic carbocycles. The lowest BCUT2D eigenvalue weighted by molar-refractivity contribution is 0.379. The Bertz CT molecular complexity index is 1520. The zero-order valence-electron chi connectivity index (χ0n) is 20.5. The van der Waals surface area contributed by atoms with Crippen molar-refractivity contribution in [2.24, 2.45) is 5.73 Å². The highest BCUT2D eigenvalue weighted by Crippen LogP contribution is 2.48. The number of halogens is 1. The summed E-state index contributed by atoms with van der Waals surface area (Å²) >= 11 is 6.96. The average molecular weight is 511 g/mol. The van der Waals surface area contributed by atoms with Gasteiger partial charge in [-0.3, -0.25) is 5.10 Å². The first kappa shape index (κ1) is 23.4. The minimum atomic E-state index is -0.578. The molecule has 6 rings (SSSR count). The molecule has 1 atom stereocenters. The van der Waals surface area contributed by atoms with E-state index in [0.717, 1.165) is 22.5 Å². The summed E-state index contributed by atoms with van der Waals surface area (Å²) in [6.45, 7) is 1.89. The van der Waals surface area contributed by atoms with Crippen molar-refractivity contribution in [3.8, 4) is 28.9 Å². The molecule has 8 heteroatoms. The van der Waals surface area contributed by atoms with E-state index in [9.17, 15) is 5.26 Å². The van der Waals surface area contributed by atoms with Crippen molar-refractivity contribution in [1.82, 2.24) is 20.0 Å². The van der Waals surface area contributed by atoms with Crippen molar-refractivity contribution in [2.75, 3.05) is 0 Å². The molecule has 4 aromatic rings. The Kier molecular flexibility index (Phi) is 5.97. The highest BCUT2D eigenvalue weighted by Gasteiger charge is 2.39. The number of aryl methyl sites for hydroxylation is 1. The molecule has 1 fully saturated rings. The Morgan fingerprint density at radius 2 is 1.78 bits per heavy atom. The Morgan fingerprint density at radius 1 is 1.05 bits per heavy atom. The van der Waals surface area contributed by atoms with Crippen LogP contribution in [0.25, 0.3) is 16.9 Å². The van der Waals surface area contributed by atoms with Gasteiger partial charge in [0.25, 0.3) is 0 Å². The molecule has 7 nitrogen and oxygen atoms in total. The number of aromatic nitrogens is 4. The van der Waals surface area contributed by atoms with Crippen LogP contribution < -0.4 is 10.5 Å². The fraction of sp³-hybridized carbons (Fsp3) is 0.276. The maximum Gasteiger partial charge on any atom is 0.244 e. The van der Waals surface area contributed by atoms with E-state index in [2.05, 4.69) is 40.5 Å². The van der Waals surface area contributed by atoms with Crippen LogP contribution in [-0.2, 0) is 0 Å². The van der Waals surface area contributed by atoms with Crippen molar-refractivity contribution in [2.45, 2.75) is 50.9 Å². The van der Waals surface area contributed by atoms with Crippen LogP contribution in [0, 0.1) is 18.3 Å². The Morgan fingerprint density at radius 3 is 2.49 bits per heavy atom. The standard InChI is InChI=1S/C29H27ClN6O/c1-17-23(27(30)36(35-17)21-10-6-3-7-11-21)24-22(16-31)28(32)37-29-25(24)26(33-34-29)20-14-12-19(13-15-20)18-8-4-2-5-9-18/h3,6-7,10-15,18,24H,2,4-5,8-9,32H2,1H3,(H,33,34). The summed E-state index contributed by atoms with van der Waals surface area (Å²) in [6, 6.07) is 20.6. The van der Waals surface area contributed by atoms with Gasteiger partial charge in [0.1, 0.15) is 16.8 Å². The van der Waals surface area contributed by atoms with E-state index in [1.165, 1.54) is 37.7 Å². The third kappa shape index (κ3) is 3.98. The van der Waals surface area contributed by atoms with Gasteiger partial charge in [0.15, 0.2) is 0 Å². The topological polar surface area (TPSA) is 106 Å². The number of H-pyrrole nitrogens is 1. The summed E-state index contributed by atoms with van der Waals surface area (Å²) < 4.78 is 7.49. The summed E-state index contributed by atoms with van der Waals surface area (Å²) in [7, 11) is 0. The monoisotopic (exact) mass is 510 g/mol. The zero-order chi connectivity index (χ0) is 25.5. The lowest BCUT2D eigenvalue weighted by Crippen LogP contribution is -2.21. The number of para-hydroxylation sites is 1. The molecule has 1 saturated carbocycles. The third-order valence-corrected chi connectivity index (χ3v) is 7.92. The molecular formula is C29H27ClN6O. The normalized spacial score (nSPS) is 17.8. The molecule has 37 heavy (non-hydrogen) atoms. The molecule has 0 spiro atoms. The van der Waals surface area contributed by atoms with Gasteiger partial charge in [-0.05, 0) is 43.4 Å². The second-order valence-electron chi connectivity index (χ2n) is 9.74. The molecule has 0 radical (unpaired) electrons. The second-order valence-corrected chi connectivity index (χ2v) is 10.1. The largest absolute Gasteiger partial charge is 0.420 e. The number of aromatic amines is 1. The number of nitriles is 1. The summed E-state index contributed by atoms with van der Waals surface area (Å²) in [5.41, 5.74) is 12.6. The SMILES string of the molecule is Cc1nn(-c2ccccc2)c(Cl)c1C1C(C#N)=C(N)Oc2n[nH]c(-c3ccc(C4CCCCC4)cc3)c21. The van der Waals surface area contributed by atoms with Crippen molar-refractivity contribution < 1.29 is 4.74 Å². The molecule has 2 aromatic heterocycles. The van der Waals surface area contributed by atoms with Gasteiger partial charge in [-0.25, -0.2) is 4.68 Å². The number of fused-ring (bicyclic) bond motifs is 1. The molecule has 1 aliphatic carbocycles. The predicted molar refractivity (Wildman–Crippen MR) is 142 cm³/mol. The number of nitrogens with one attached hydrogen (secondary N) is 1. The van der Waals surface area contributed by atoms with E-state index in [1.54, 1.807) is 4.68 Å². The van der Waals surface area contributed by atoms with Crippen LogP contribution >= 0.6 is 11.6 Å². The molecule has 3 heterocycles. The van der Waals surface area contributed by atoms with Gasteiger partial charge >= 0.3 is 0 Å². The van der Waals surface area contributed by atoms with Gasteiger partial charge in [-0.15, -0.1) is 5.10 Å². The maximum atomic E-state index is 10.1. The van der Waals surface area contributed by atoms with Gasteiger partial charge in [0.05, 0.1) is 28.6 Å². The number of rotatable bonds is 4. The lowest BCUT2D eigenvalue weighted by Gasteiger charge is -2.24. The van der Waals surface area contributed by atoms with Gasteiger partial charge in [0.2, 0.25) is 11.8 Å². The van der Waals surface area contributed by atoms with Crippen LogP contribution in [-0.4, -0.2) is 20.0 Å². The number of benzene rings is 2. The molecule has 2 aliphatic rings. The van der Waals surface area contributed by atoms with E-state index in [0.29, 0.717) is 28.2 Å². The number of ether oxygens (including phenoxy) is 1. The van der Waals surface area contributed by atoms with Crippen LogP contribution in [0.4, 0.5) is 0 Å². The summed E-state index contributed by atoms with van der Waals surface area (Å²) in [5.74, 6) is 0.405. The molecule has 0 bridgehead atoms. The van der Waals surface area contributed by atoms with E-state index in [4.69, 9.17) is 27.2 Å². The highest BCUT2D eigenvalue weighted by molar-refractivity contribution is 6.30. The highest BCUT2D eigenvalue weighted by atomic mass is 35.5. The summed E-state index contributed by atoms with van der Waals surface area (Å²) in [4.78, 5) is 0. The van der Waals surface area contributed by atoms with Crippen LogP contribution in [0.3, 0.4) is 0 Å². The average Bonchev–Trinajstić information content (AvgIpc) is 3.49. The smallest absolute Gasteiger partial charge is 0.244 e. The van der Waals surface area contributed by atoms with Gasteiger partial charge < -0.3 is 10.5 Å². The fourth-order valence-corrected chi connectivity index (χ4v) is 6.07. The first-order valence-corrected chi connectivity index (χ1v) is 13.0. The maximum absolute atomic E-state index is 10.1. The van der Waals surface area contributed by atoms with Crippen molar-refractivity contribution in [3.63, 3.8) is 0 Å². The lowest BCUT2D eigenvalue weighted by atomic mass is 9.82. The first-order valence-electron chi connectivity index (χ1n) is 12.6. The first-order chi connectivity index (χ1) is 18.1. The number of hydrogen-bond acceptors (Lipinski definition) is 5. The zero-order valence-corrected chi connectivity index (χ0v) is 21.3. The second kappa shape index (κ2) is 9.45. The predicted octanol–water partition coefficient (Wildman–Crippen LogP) is 6.49. The molecular weight excluding hydrogens is 484 g/mol. The minimum absolute atomic E-state index is 0.0219. The van der Waals surface area contributed by atoms with E-state index < -0.39 is 5.92 Å². The Balaban J connectivity index is 1.47. The van der Waals surface area contributed by atoms with Gasteiger partial charge in [-0.2, -0.15) is 10.4 Å². The van der Waals surface area contributed by atoms with E-state index in [1.807, 2.05) is 37.3 Å².